The van der Waals surface area contributed by atoms with Crippen molar-refractivity contribution in [2.24, 2.45) is 0 Å². The fourth-order valence-electron chi connectivity index (χ4n) is 1.59. The van der Waals surface area contributed by atoms with E-state index in [0.29, 0.717) is 18.3 Å². The number of hydrogen-bond acceptors (Lipinski definition) is 4. The molecule has 0 aromatic carbocycles. The molecular formula is C12H17N3O3. The summed E-state index contributed by atoms with van der Waals surface area (Å²) in [5, 5.41) is 5.90. The lowest BCUT2D eigenvalue weighted by molar-refractivity contribution is -0.120. The van der Waals surface area contributed by atoms with Crippen molar-refractivity contribution >= 4 is 11.9 Å². The van der Waals surface area contributed by atoms with Gasteiger partial charge >= 0.3 is 5.97 Å². The second-order valence-corrected chi connectivity index (χ2v) is 4.33. The van der Waals surface area contributed by atoms with Gasteiger partial charge in [-0.1, -0.05) is 0 Å². The van der Waals surface area contributed by atoms with Gasteiger partial charge in [0.2, 0.25) is 5.91 Å². The van der Waals surface area contributed by atoms with Crippen molar-refractivity contribution in [2.75, 3.05) is 13.7 Å². The molecule has 1 saturated carbocycles. The summed E-state index contributed by atoms with van der Waals surface area (Å²) >= 11 is 0. The van der Waals surface area contributed by atoms with Crippen LogP contribution in [0.3, 0.4) is 0 Å². The van der Waals surface area contributed by atoms with Crippen LogP contribution in [0.25, 0.3) is 0 Å². The number of aromatic amines is 1. The molecule has 0 aliphatic heterocycles. The normalized spacial score (nSPS) is 14.3. The Hall–Kier alpha value is -1.82. The molecule has 0 spiro atoms. The quantitative estimate of drug-likeness (QED) is 0.629. The van der Waals surface area contributed by atoms with Gasteiger partial charge in [-0.3, -0.25) is 4.79 Å². The molecule has 1 aliphatic carbocycles. The van der Waals surface area contributed by atoms with E-state index in [1.807, 2.05) is 0 Å². The van der Waals surface area contributed by atoms with Crippen molar-refractivity contribution in [3.05, 3.63) is 23.5 Å². The minimum atomic E-state index is -0.396. The molecule has 0 radical (unpaired) electrons. The summed E-state index contributed by atoms with van der Waals surface area (Å²) in [6.45, 7) is 0.790. The summed E-state index contributed by atoms with van der Waals surface area (Å²) in [5.41, 5.74) is 1.26. The van der Waals surface area contributed by atoms with Crippen LogP contribution in [-0.4, -0.2) is 36.6 Å². The summed E-state index contributed by atoms with van der Waals surface area (Å²) in [5.74, 6) is -0.384. The molecule has 6 heteroatoms. The summed E-state index contributed by atoms with van der Waals surface area (Å²) in [6.07, 6.45) is 2.18. The van der Waals surface area contributed by atoms with Crippen molar-refractivity contribution < 1.29 is 14.3 Å². The Morgan fingerprint density at radius 3 is 2.89 bits per heavy atom. The molecular weight excluding hydrogens is 234 g/mol. The Labute approximate surface area is 105 Å². The maximum absolute atomic E-state index is 11.4. The first-order chi connectivity index (χ1) is 8.69. The third kappa shape index (κ3) is 3.59. The predicted molar refractivity (Wildman–Crippen MR) is 65.0 cm³/mol. The molecule has 1 amide bonds. The Morgan fingerprint density at radius 2 is 2.22 bits per heavy atom. The second-order valence-electron chi connectivity index (χ2n) is 4.33. The molecule has 0 unspecified atom stereocenters. The number of aromatic nitrogens is 1. The van der Waals surface area contributed by atoms with Gasteiger partial charge in [0.05, 0.1) is 13.7 Å². The van der Waals surface area contributed by atoms with Crippen molar-refractivity contribution in [1.82, 2.24) is 15.6 Å². The highest BCUT2D eigenvalue weighted by molar-refractivity contribution is 5.87. The number of methoxy groups -OCH3 is 1. The van der Waals surface area contributed by atoms with E-state index < -0.39 is 5.97 Å². The molecule has 98 valence electrons. The third-order valence-corrected chi connectivity index (χ3v) is 2.70. The zero-order chi connectivity index (χ0) is 13.0. The first kappa shape index (κ1) is 12.6. The topological polar surface area (TPSA) is 83.2 Å². The number of nitrogens with one attached hydrogen (secondary N) is 3. The maximum Gasteiger partial charge on any atom is 0.354 e. The van der Waals surface area contributed by atoms with Gasteiger partial charge in [-0.2, -0.15) is 0 Å². The average Bonchev–Trinajstić information content (AvgIpc) is 3.04. The van der Waals surface area contributed by atoms with Gasteiger partial charge in [-0.05, 0) is 25.0 Å². The Morgan fingerprint density at radius 1 is 1.44 bits per heavy atom. The van der Waals surface area contributed by atoms with Gasteiger partial charge in [0.1, 0.15) is 5.69 Å². The van der Waals surface area contributed by atoms with Crippen LogP contribution in [0, 0.1) is 0 Å². The minimum Gasteiger partial charge on any atom is -0.464 e. The number of hydrogen-bond donors (Lipinski definition) is 3. The Balaban J connectivity index is 1.70. The van der Waals surface area contributed by atoms with Crippen LogP contribution in [0.1, 0.15) is 29.0 Å². The molecule has 6 nitrogen and oxygen atoms in total. The molecule has 1 aromatic heterocycles. The molecule has 2 rings (SSSR count). The predicted octanol–water partition coefficient (Wildman–Crippen LogP) is 0.169. The van der Waals surface area contributed by atoms with Crippen LogP contribution in [0.2, 0.25) is 0 Å². The lowest BCUT2D eigenvalue weighted by Gasteiger charge is -2.04. The van der Waals surface area contributed by atoms with Gasteiger partial charge in [0, 0.05) is 18.3 Å². The van der Waals surface area contributed by atoms with Gasteiger partial charge in [0.25, 0.3) is 0 Å². The van der Waals surface area contributed by atoms with Gasteiger partial charge in [-0.15, -0.1) is 0 Å². The smallest absolute Gasteiger partial charge is 0.354 e. The number of ether oxygens (including phenoxy) is 1. The Kier molecular flexibility index (Phi) is 3.99. The lowest BCUT2D eigenvalue weighted by atomic mass is 10.4. The fourth-order valence-corrected chi connectivity index (χ4v) is 1.59. The molecule has 1 fully saturated rings. The highest BCUT2D eigenvalue weighted by Gasteiger charge is 2.22. The summed E-state index contributed by atoms with van der Waals surface area (Å²) in [7, 11) is 1.34. The van der Waals surface area contributed by atoms with Gasteiger partial charge in [0.15, 0.2) is 0 Å². The van der Waals surface area contributed by atoms with E-state index in [1.165, 1.54) is 7.11 Å². The van der Waals surface area contributed by atoms with Crippen molar-refractivity contribution in [1.29, 1.82) is 0 Å². The number of carbonyl (C=O) groups excluding carboxylic acids is 2. The first-order valence-corrected chi connectivity index (χ1v) is 5.95. The van der Waals surface area contributed by atoms with E-state index in [2.05, 4.69) is 20.4 Å². The van der Waals surface area contributed by atoms with Gasteiger partial charge < -0.3 is 20.4 Å². The van der Waals surface area contributed by atoms with Gasteiger partial charge in [-0.25, -0.2) is 4.79 Å². The largest absolute Gasteiger partial charge is 0.464 e. The monoisotopic (exact) mass is 251 g/mol. The lowest BCUT2D eigenvalue weighted by Crippen LogP contribution is -2.34. The summed E-state index contributed by atoms with van der Waals surface area (Å²) < 4.78 is 4.59. The standard InChI is InChI=1S/C12H17N3O3/c1-18-12(17)10-5-4-9(14-10)6-13-7-11(16)15-8-2-3-8/h4-5,8,13-14H,2-3,6-7H2,1H3,(H,15,16). The minimum absolute atomic E-state index is 0.0113. The van der Waals surface area contributed by atoms with E-state index in [0.717, 1.165) is 18.5 Å². The van der Waals surface area contributed by atoms with Crippen molar-refractivity contribution in [3.8, 4) is 0 Å². The van der Waals surface area contributed by atoms with Crippen molar-refractivity contribution in [2.45, 2.75) is 25.4 Å². The highest BCUT2D eigenvalue weighted by Crippen LogP contribution is 2.18. The number of esters is 1. The average molecular weight is 251 g/mol. The van der Waals surface area contributed by atoms with E-state index in [9.17, 15) is 9.59 Å². The van der Waals surface area contributed by atoms with Crippen LogP contribution in [0.15, 0.2) is 12.1 Å². The number of amides is 1. The maximum atomic E-state index is 11.4. The van der Waals surface area contributed by atoms with E-state index in [1.54, 1.807) is 12.1 Å². The first-order valence-electron chi connectivity index (χ1n) is 5.95. The SMILES string of the molecule is COC(=O)c1ccc(CNCC(=O)NC2CC2)[nH]1. The summed E-state index contributed by atoms with van der Waals surface area (Å²) in [4.78, 5) is 25.5. The van der Waals surface area contributed by atoms with E-state index >= 15 is 0 Å². The fraction of sp³-hybridized carbons (Fsp3) is 0.500. The molecule has 1 aromatic rings. The third-order valence-electron chi connectivity index (χ3n) is 2.70. The summed E-state index contributed by atoms with van der Waals surface area (Å²) in [6, 6.07) is 3.83. The van der Waals surface area contributed by atoms with E-state index in [4.69, 9.17) is 0 Å². The van der Waals surface area contributed by atoms with Crippen molar-refractivity contribution in [3.63, 3.8) is 0 Å². The highest BCUT2D eigenvalue weighted by atomic mass is 16.5. The van der Waals surface area contributed by atoms with Crippen LogP contribution in [0.4, 0.5) is 0 Å². The molecule has 1 aliphatic rings. The van der Waals surface area contributed by atoms with Crippen LogP contribution in [-0.2, 0) is 16.1 Å². The number of rotatable bonds is 6. The van der Waals surface area contributed by atoms with Crippen LogP contribution >= 0.6 is 0 Å². The molecule has 3 N–H and O–H groups in total. The molecule has 0 saturated heterocycles. The second kappa shape index (κ2) is 5.68. The molecule has 1 heterocycles. The number of H-pyrrole nitrogens is 1. The molecule has 18 heavy (non-hydrogen) atoms. The Bertz CT molecular complexity index is 438. The molecule has 0 atom stereocenters. The molecule has 0 bridgehead atoms. The van der Waals surface area contributed by atoms with Crippen LogP contribution in [0.5, 0.6) is 0 Å². The van der Waals surface area contributed by atoms with E-state index in [-0.39, 0.29) is 12.5 Å². The zero-order valence-corrected chi connectivity index (χ0v) is 10.3. The zero-order valence-electron chi connectivity index (χ0n) is 10.3. The number of carbonyl (C=O) groups is 2. The van der Waals surface area contributed by atoms with Crippen LogP contribution < -0.4 is 10.6 Å².